The fourth-order valence-corrected chi connectivity index (χ4v) is 3.47. The van der Waals surface area contributed by atoms with Gasteiger partial charge in [-0.25, -0.2) is 0 Å². The highest BCUT2D eigenvalue weighted by Crippen LogP contribution is 2.32. The molecule has 0 saturated heterocycles. The smallest absolute Gasteiger partial charge is 0.416 e. The van der Waals surface area contributed by atoms with Gasteiger partial charge in [-0.2, -0.15) is 13.2 Å². The van der Waals surface area contributed by atoms with Crippen molar-refractivity contribution in [3.63, 3.8) is 0 Å². The van der Waals surface area contributed by atoms with E-state index < -0.39 is 23.8 Å². The molecule has 160 valence electrons. The monoisotopic (exact) mass is 428 g/mol. The molecule has 0 unspecified atom stereocenters. The fourth-order valence-electron chi connectivity index (χ4n) is 3.47. The molecule has 4 rings (SSSR count). The fraction of sp³-hybridized carbons (Fsp3) is 0.174. The molecule has 8 heteroatoms. The van der Waals surface area contributed by atoms with Gasteiger partial charge in [0.2, 0.25) is 0 Å². The molecule has 0 fully saturated rings. The van der Waals surface area contributed by atoms with E-state index >= 15 is 0 Å². The van der Waals surface area contributed by atoms with Crippen LogP contribution in [-0.2, 0) is 23.9 Å². The number of aliphatic carboxylic acids is 1. The van der Waals surface area contributed by atoms with Crippen molar-refractivity contribution in [3.8, 4) is 11.3 Å². The number of halogens is 3. The predicted molar refractivity (Wildman–Crippen MR) is 109 cm³/mol. The molecule has 2 heterocycles. The van der Waals surface area contributed by atoms with Crippen LogP contribution in [0.25, 0.3) is 22.2 Å². The van der Waals surface area contributed by atoms with E-state index in [1.165, 1.54) is 12.1 Å². The summed E-state index contributed by atoms with van der Waals surface area (Å²) in [6.45, 7) is 0.123. The molecular formula is C23H19F3N2O3. The molecule has 0 spiro atoms. The van der Waals surface area contributed by atoms with Crippen molar-refractivity contribution in [3.05, 3.63) is 83.7 Å². The van der Waals surface area contributed by atoms with Crippen molar-refractivity contribution in [2.45, 2.75) is 25.2 Å². The molecule has 0 radical (unpaired) electrons. The van der Waals surface area contributed by atoms with Crippen LogP contribution < -0.4 is 5.32 Å². The standard InChI is InChI=1S/C23H19F3N2O3/c24-23(25,26)16-5-3-4-14(10-16)21-9-8-17(31-21)13-28-20(22(29)30)11-15-12-27-19-7-2-1-6-18(15)19/h1-10,12,20,27-28H,11,13H2,(H,29,30)/t20-/m1/s1. The van der Waals surface area contributed by atoms with E-state index in [4.69, 9.17) is 4.42 Å². The zero-order valence-corrected chi connectivity index (χ0v) is 16.2. The molecule has 0 aliphatic rings. The van der Waals surface area contributed by atoms with Crippen LogP contribution in [0.2, 0.25) is 0 Å². The zero-order chi connectivity index (χ0) is 22.0. The Morgan fingerprint density at radius 2 is 1.90 bits per heavy atom. The first-order valence-corrected chi connectivity index (χ1v) is 9.59. The van der Waals surface area contributed by atoms with E-state index in [0.717, 1.165) is 28.6 Å². The number of furan rings is 1. The Hall–Kier alpha value is -3.52. The number of rotatable bonds is 7. The first-order chi connectivity index (χ1) is 14.8. The molecule has 2 aromatic carbocycles. The topological polar surface area (TPSA) is 78.3 Å². The van der Waals surface area contributed by atoms with E-state index in [9.17, 15) is 23.1 Å². The van der Waals surface area contributed by atoms with Crippen molar-refractivity contribution in [2.75, 3.05) is 0 Å². The van der Waals surface area contributed by atoms with Gasteiger partial charge in [0.05, 0.1) is 12.1 Å². The number of carboxylic acids is 1. The van der Waals surface area contributed by atoms with Gasteiger partial charge >= 0.3 is 12.1 Å². The summed E-state index contributed by atoms with van der Waals surface area (Å²) < 4.78 is 44.4. The number of aromatic amines is 1. The average molecular weight is 428 g/mol. The third-order valence-electron chi connectivity index (χ3n) is 5.06. The molecule has 0 bridgehead atoms. The quantitative estimate of drug-likeness (QED) is 0.377. The first-order valence-electron chi connectivity index (χ1n) is 9.59. The minimum Gasteiger partial charge on any atom is -0.480 e. The van der Waals surface area contributed by atoms with Crippen molar-refractivity contribution in [1.29, 1.82) is 0 Å². The van der Waals surface area contributed by atoms with E-state index in [2.05, 4.69) is 10.3 Å². The largest absolute Gasteiger partial charge is 0.480 e. The van der Waals surface area contributed by atoms with Gasteiger partial charge < -0.3 is 14.5 Å². The first kappa shape index (κ1) is 20.7. The predicted octanol–water partition coefficient (Wildman–Crippen LogP) is 5.23. The second kappa shape index (κ2) is 8.31. The van der Waals surface area contributed by atoms with Gasteiger partial charge in [-0.1, -0.05) is 30.3 Å². The van der Waals surface area contributed by atoms with Crippen LogP contribution in [0.15, 0.2) is 71.3 Å². The summed E-state index contributed by atoms with van der Waals surface area (Å²) in [5.74, 6) is -0.293. The zero-order valence-electron chi connectivity index (χ0n) is 16.2. The number of aromatic nitrogens is 1. The molecule has 5 nitrogen and oxygen atoms in total. The van der Waals surface area contributed by atoms with Gasteiger partial charge in [0, 0.05) is 29.1 Å². The molecule has 0 aliphatic heterocycles. The molecule has 0 aliphatic carbocycles. The Morgan fingerprint density at radius 3 is 2.68 bits per heavy atom. The van der Waals surface area contributed by atoms with E-state index in [1.807, 2.05) is 24.3 Å². The number of alkyl halides is 3. The summed E-state index contributed by atoms with van der Waals surface area (Å²) in [5, 5.41) is 13.5. The number of fused-ring (bicyclic) bond motifs is 1. The molecule has 3 N–H and O–H groups in total. The Kier molecular flexibility index (Phi) is 5.56. The summed E-state index contributed by atoms with van der Waals surface area (Å²) in [5.41, 5.74) is 1.35. The van der Waals surface area contributed by atoms with Crippen LogP contribution >= 0.6 is 0 Å². The van der Waals surface area contributed by atoms with E-state index in [1.54, 1.807) is 18.3 Å². The average Bonchev–Trinajstić information content (AvgIpc) is 3.38. The van der Waals surface area contributed by atoms with E-state index in [0.29, 0.717) is 11.3 Å². The summed E-state index contributed by atoms with van der Waals surface area (Å²) in [6.07, 6.45) is -2.38. The lowest BCUT2D eigenvalue weighted by atomic mass is 10.0. The van der Waals surface area contributed by atoms with Crippen molar-refractivity contribution < 1.29 is 27.5 Å². The number of hydrogen-bond acceptors (Lipinski definition) is 3. The van der Waals surface area contributed by atoms with Crippen molar-refractivity contribution in [1.82, 2.24) is 10.3 Å². The summed E-state index contributed by atoms with van der Waals surface area (Å²) >= 11 is 0. The maximum Gasteiger partial charge on any atom is 0.416 e. The molecule has 0 amide bonds. The van der Waals surface area contributed by atoms with Crippen LogP contribution in [0.4, 0.5) is 13.2 Å². The second-order valence-electron chi connectivity index (χ2n) is 7.18. The number of benzene rings is 2. The number of carboxylic acid groups (broad SMARTS) is 1. The highest BCUT2D eigenvalue weighted by Gasteiger charge is 2.30. The summed E-state index contributed by atoms with van der Waals surface area (Å²) in [6, 6.07) is 14.8. The lowest BCUT2D eigenvalue weighted by Crippen LogP contribution is -2.37. The maximum absolute atomic E-state index is 12.9. The SMILES string of the molecule is O=C(O)[C@@H](Cc1c[nH]c2ccccc12)NCc1ccc(-c2cccc(C(F)(F)F)c2)o1. The molecule has 1 atom stereocenters. The van der Waals surface area contributed by atoms with Crippen LogP contribution in [0, 0.1) is 0 Å². The molecule has 2 aromatic heterocycles. The van der Waals surface area contributed by atoms with Crippen molar-refractivity contribution >= 4 is 16.9 Å². The van der Waals surface area contributed by atoms with Gasteiger partial charge in [-0.15, -0.1) is 0 Å². The Balaban J connectivity index is 1.46. The summed E-state index contributed by atoms with van der Waals surface area (Å²) in [4.78, 5) is 14.9. The molecule has 4 aromatic rings. The number of para-hydroxylation sites is 1. The van der Waals surface area contributed by atoms with Crippen LogP contribution in [0.3, 0.4) is 0 Å². The van der Waals surface area contributed by atoms with Crippen LogP contribution in [0.5, 0.6) is 0 Å². The number of H-pyrrole nitrogens is 1. The number of hydrogen-bond donors (Lipinski definition) is 3. The second-order valence-corrected chi connectivity index (χ2v) is 7.18. The highest BCUT2D eigenvalue weighted by molar-refractivity contribution is 5.84. The van der Waals surface area contributed by atoms with Crippen LogP contribution in [0.1, 0.15) is 16.9 Å². The van der Waals surface area contributed by atoms with E-state index in [-0.39, 0.29) is 18.7 Å². The minimum atomic E-state index is -4.44. The van der Waals surface area contributed by atoms with Crippen molar-refractivity contribution in [2.24, 2.45) is 0 Å². The minimum absolute atomic E-state index is 0.123. The normalized spacial score (nSPS) is 12.9. The lowest BCUT2D eigenvalue weighted by molar-refractivity contribution is -0.139. The maximum atomic E-state index is 12.9. The van der Waals surface area contributed by atoms with Gasteiger partial charge in [0.15, 0.2) is 0 Å². The Labute approximate surface area is 175 Å². The lowest BCUT2D eigenvalue weighted by Gasteiger charge is -2.13. The van der Waals surface area contributed by atoms with Crippen LogP contribution in [-0.4, -0.2) is 22.1 Å². The molecular weight excluding hydrogens is 409 g/mol. The van der Waals surface area contributed by atoms with Gasteiger partial charge in [0.1, 0.15) is 17.6 Å². The summed E-state index contributed by atoms with van der Waals surface area (Å²) in [7, 11) is 0. The molecule has 0 saturated carbocycles. The Morgan fingerprint density at radius 1 is 1.10 bits per heavy atom. The number of carbonyl (C=O) groups is 1. The van der Waals surface area contributed by atoms with Gasteiger partial charge in [0.25, 0.3) is 0 Å². The third kappa shape index (κ3) is 4.64. The van der Waals surface area contributed by atoms with Gasteiger partial charge in [-0.3, -0.25) is 10.1 Å². The number of nitrogens with one attached hydrogen (secondary N) is 2. The Bertz CT molecular complexity index is 1210. The molecule has 31 heavy (non-hydrogen) atoms. The van der Waals surface area contributed by atoms with Gasteiger partial charge in [-0.05, 0) is 35.9 Å². The highest BCUT2D eigenvalue weighted by atomic mass is 19.4. The third-order valence-corrected chi connectivity index (χ3v) is 5.06.